The van der Waals surface area contributed by atoms with Crippen molar-refractivity contribution in [2.75, 3.05) is 13.2 Å². The summed E-state index contributed by atoms with van der Waals surface area (Å²) in [5, 5.41) is 12.4. The van der Waals surface area contributed by atoms with Crippen LogP contribution in [0.5, 0.6) is 0 Å². The molecule has 0 bridgehead atoms. The van der Waals surface area contributed by atoms with E-state index in [0.717, 1.165) is 15.4 Å². The fourth-order valence-corrected chi connectivity index (χ4v) is 3.25. The van der Waals surface area contributed by atoms with E-state index in [1.807, 2.05) is 30.3 Å². The summed E-state index contributed by atoms with van der Waals surface area (Å²) in [6.07, 6.45) is 3.18. The third-order valence-corrected chi connectivity index (χ3v) is 4.69. The van der Waals surface area contributed by atoms with Gasteiger partial charge in [-0.05, 0) is 35.9 Å². The number of halogens is 2. The molecule has 2 aromatic rings. The molecule has 0 fully saturated rings. The number of carbonyl (C=O) groups excluding carboxylic acids is 1. The normalized spacial score (nSPS) is 10.9. The SMILES string of the molecule is O=C(/C=C/c1ccccc1Sc1ccc(Cl)cc1Cl)NCCO. The highest BCUT2D eigenvalue weighted by Gasteiger charge is 2.06. The van der Waals surface area contributed by atoms with Crippen molar-refractivity contribution < 1.29 is 9.90 Å². The van der Waals surface area contributed by atoms with E-state index in [1.54, 1.807) is 18.2 Å². The maximum Gasteiger partial charge on any atom is 0.244 e. The van der Waals surface area contributed by atoms with Gasteiger partial charge in [0.25, 0.3) is 0 Å². The van der Waals surface area contributed by atoms with E-state index in [4.69, 9.17) is 28.3 Å². The fourth-order valence-electron chi connectivity index (χ4n) is 1.79. The Balaban J connectivity index is 2.17. The monoisotopic (exact) mass is 367 g/mol. The number of amides is 1. The second-order valence-corrected chi connectivity index (χ2v) is 6.49. The zero-order valence-electron chi connectivity index (χ0n) is 12.1. The van der Waals surface area contributed by atoms with Crippen molar-refractivity contribution >= 4 is 46.9 Å². The number of aliphatic hydroxyl groups excluding tert-OH is 1. The van der Waals surface area contributed by atoms with Crippen molar-refractivity contribution in [2.24, 2.45) is 0 Å². The van der Waals surface area contributed by atoms with Gasteiger partial charge in [0.1, 0.15) is 0 Å². The highest BCUT2D eigenvalue weighted by Crippen LogP contribution is 2.36. The number of aliphatic hydroxyl groups is 1. The van der Waals surface area contributed by atoms with E-state index >= 15 is 0 Å². The lowest BCUT2D eigenvalue weighted by Crippen LogP contribution is -2.24. The van der Waals surface area contributed by atoms with Crippen LogP contribution in [0, 0.1) is 0 Å². The van der Waals surface area contributed by atoms with Crippen molar-refractivity contribution in [3.8, 4) is 0 Å². The number of nitrogens with one attached hydrogen (secondary N) is 1. The molecule has 0 saturated carbocycles. The first kappa shape index (κ1) is 17.9. The third kappa shape index (κ3) is 5.59. The average Bonchev–Trinajstić information content (AvgIpc) is 2.54. The van der Waals surface area contributed by atoms with Gasteiger partial charge in [-0.1, -0.05) is 53.2 Å². The molecule has 2 aromatic carbocycles. The molecule has 0 heterocycles. The highest BCUT2D eigenvalue weighted by molar-refractivity contribution is 7.99. The zero-order chi connectivity index (χ0) is 16.7. The lowest BCUT2D eigenvalue weighted by atomic mass is 10.2. The molecule has 0 aliphatic heterocycles. The van der Waals surface area contributed by atoms with Crippen molar-refractivity contribution in [1.82, 2.24) is 5.32 Å². The van der Waals surface area contributed by atoms with Gasteiger partial charge in [0, 0.05) is 27.4 Å². The lowest BCUT2D eigenvalue weighted by molar-refractivity contribution is -0.116. The molecular weight excluding hydrogens is 353 g/mol. The molecule has 0 aliphatic rings. The Morgan fingerprint density at radius 3 is 2.70 bits per heavy atom. The van der Waals surface area contributed by atoms with Crippen LogP contribution >= 0.6 is 35.0 Å². The molecule has 0 radical (unpaired) electrons. The lowest BCUT2D eigenvalue weighted by Gasteiger charge is -2.08. The number of rotatable bonds is 6. The van der Waals surface area contributed by atoms with Gasteiger partial charge in [-0.2, -0.15) is 0 Å². The second kappa shape index (κ2) is 8.99. The quantitative estimate of drug-likeness (QED) is 0.749. The van der Waals surface area contributed by atoms with Gasteiger partial charge in [-0.25, -0.2) is 0 Å². The Bertz CT molecular complexity index is 719. The second-order valence-electron chi connectivity index (χ2n) is 4.56. The van der Waals surface area contributed by atoms with Crippen LogP contribution in [-0.2, 0) is 4.79 Å². The summed E-state index contributed by atoms with van der Waals surface area (Å²) < 4.78 is 0. The molecule has 0 saturated heterocycles. The van der Waals surface area contributed by atoms with Crippen molar-refractivity contribution in [3.05, 3.63) is 64.1 Å². The van der Waals surface area contributed by atoms with Gasteiger partial charge >= 0.3 is 0 Å². The average molecular weight is 368 g/mol. The van der Waals surface area contributed by atoms with E-state index in [2.05, 4.69) is 5.32 Å². The molecule has 1 amide bonds. The molecule has 0 atom stereocenters. The first-order valence-corrected chi connectivity index (χ1v) is 8.46. The van der Waals surface area contributed by atoms with E-state index in [0.29, 0.717) is 10.0 Å². The van der Waals surface area contributed by atoms with E-state index in [-0.39, 0.29) is 19.1 Å². The summed E-state index contributed by atoms with van der Waals surface area (Å²) in [5.74, 6) is -0.247. The molecule has 0 aliphatic carbocycles. The maximum absolute atomic E-state index is 11.6. The summed E-state index contributed by atoms with van der Waals surface area (Å²) >= 11 is 13.6. The molecule has 0 aromatic heterocycles. The predicted molar refractivity (Wildman–Crippen MR) is 96.2 cm³/mol. The Hall–Kier alpha value is -1.46. The van der Waals surface area contributed by atoms with Crippen LogP contribution in [0.1, 0.15) is 5.56 Å². The Morgan fingerprint density at radius 1 is 1.17 bits per heavy atom. The molecular formula is C17H15Cl2NO2S. The van der Waals surface area contributed by atoms with Crippen LogP contribution in [-0.4, -0.2) is 24.2 Å². The number of hydrogen-bond donors (Lipinski definition) is 2. The van der Waals surface area contributed by atoms with Gasteiger partial charge in [-0.3, -0.25) is 4.79 Å². The smallest absolute Gasteiger partial charge is 0.244 e. The van der Waals surface area contributed by atoms with E-state index < -0.39 is 0 Å². The summed E-state index contributed by atoms with van der Waals surface area (Å²) in [6.45, 7) is 0.154. The van der Waals surface area contributed by atoms with Gasteiger partial charge in [0.2, 0.25) is 5.91 Å². The minimum absolute atomic E-state index is 0.0823. The van der Waals surface area contributed by atoms with Crippen LogP contribution in [0.4, 0.5) is 0 Å². The summed E-state index contributed by atoms with van der Waals surface area (Å²) in [6, 6.07) is 13.1. The third-order valence-electron chi connectivity index (χ3n) is 2.86. The van der Waals surface area contributed by atoms with Crippen LogP contribution < -0.4 is 5.32 Å². The molecule has 23 heavy (non-hydrogen) atoms. The highest BCUT2D eigenvalue weighted by atomic mass is 35.5. The summed E-state index contributed by atoms with van der Waals surface area (Å²) in [5.41, 5.74) is 0.905. The summed E-state index contributed by atoms with van der Waals surface area (Å²) in [7, 11) is 0. The molecule has 2 N–H and O–H groups in total. The Morgan fingerprint density at radius 2 is 1.96 bits per heavy atom. The Labute approximate surface area is 149 Å². The molecule has 0 spiro atoms. The number of hydrogen-bond acceptors (Lipinski definition) is 3. The van der Waals surface area contributed by atoms with Crippen molar-refractivity contribution in [1.29, 1.82) is 0 Å². The first-order chi connectivity index (χ1) is 11.1. The summed E-state index contributed by atoms with van der Waals surface area (Å²) in [4.78, 5) is 13.5. The van der Waals surface area contributed by atoms with Gasteiger partial charge in [0.05, 0.1) is 11.6 Å². The molecule has 3 nitrogen and oxygen atoms in total. The number of carbonyl (C=O) groups is 1. The van der Waals surface area contributed by atoms with E-state index in [9.17, 15) is 4.79 Å². The fraction of sp³-hybridized carbons (Fsp3) is 0.118. The van der Waals surface area contributed by atoms with Gasteiger partial charge in [0.15, 0.2) is 0 Å². The largest absolute Gasteiger partial charge is 0.395 e. The topological polar surface area (TPSA) is 49.3 Å². The van der Waals surface area contributed by atoms with Gasteiger partial charge < -0.3 is 10.4 Å². The minimum atomic E-state index is -0.247. The standard InChI is InChI=1S/C17H15Cl2NO2S/c18-13-6-7-16(14(19)11-13)23-15-4-2-1-3-12(15)5-8-17(22)20-9-10-21/h1-8,11,21H,9-10H2,(H,20,22)/b8-5+. The number of benzene rings is 2. The van der Waals surface area contributed by atoms with Crippen LogP contribution in [0.25, 0.3) is 6.08 Å². The maximum atomic E-state index is 11.6. The van der Waals surface area contributed by atoms with Crippen LogP contribution in [0.2, 0.25) is 10.0 Å². The molecule has 2 rings (SSSR count). The van der Waals surface area contributed by atoms with Crippen LogP contribution in [0.15, 0.2) is 58.3 Å². The molecule has 120 valence electrons. The van der Waals surface area contributed by atoms with E-state index in [1.165, 1.54) is 17.8 Å². The molecule has 0 unspecified atom stereocenters. The zero-order valence-corrected chi connectivity index (χ0v) is 14.5. The van der Waals surface area contributed by atoms with Crippen molar-refractivity contribution in [3.63, 3.8) is 0 Å². The predicted octanol–water partition coefficient (Wildman–Crippen LogP) is 4.27. The van der Waals surface area contributed by atoms with Gasteiger partial charge in [-0.15, -0.1) is 0 Å². The Kier molecular flexibility index (Phi) is 6.99. The molecule has 6 heteroatoms. The minimum Gasteiger partial charge on any atom is -0.395 e. The van der Waals surface area contributed by atoms with Crippen LogP contribution in [0.3, 0.4) is 0 Å². The first-order valence-electron chi connectivity index (χ1n) is 6.89. The van der Waals surface area contributed by atoms with Crippen molar-refractivity contribution in [2.45, 2.75) is 9.79 Å².